The summed E-state index contributed by atoms with van der Waals surface area (Å²) in [7, 11) is 0. The smallest absolute Gasteiger partial charge is 0.161 e. The number of nitrogens with zero attached hydrogens (tertiary/aromatic N) is 2. The number of anilines is 1. The molecule has 0 saturated heterocycles. The Labute approximate surface area is 227 Å². The lowest BCUT2D eigenvalue weighted by Gasteiger charge is -2.40. The molecule has 0 fully saturated rings. The quantitative estimate of drug-likeness (QED) is 0.354. The van der Waals surface area contributed by atoms with Gasteiger partial charge in [0.2, 0.25) is 0 Å². The van der Waals surface area contributed by atoms with E-state index in [0.717, 1.165) is 28.0 Å². The molecular weight excluding hydrogens is 493 g/mol. The average molecular weight is 524 g/mol. The zero-order chi connectivity index (χ0) is 27.0. The van der Waals surface area contributed by atoms with E-state index in [9.17, 15) is 14.4 Å². The van der Waals surface area contributed by atoms with Gasteiger partial charge in [0.1, 0.15) is 11.6 Å². The summed E-state index contributed by atoms with van der Waals surface area (Å²) in [6.07, 6.45) is 1.65. The molecule has 1 atom stereocenters. The van der Waals surface area contributed by atoms with Crippen LogP contribution in [0.5, 0.6) is 0 Å². The third kappa shape index (κ3) is 4.52. The van der Waals surface area contributed by atoms with E-state index >= 15 is 0 Å². The lowest BCUT2D eigenvalue weighted by atomic mass is 9.73. The van der Waals surface area contributed by atoms with Crippen molar-refractivity contribution in [3.63, 3.8) is 0 Å². The minimum absolute atomic E-state index is 0.00502. The molecular formula is C32H30FN3OS. The van der Waals surface area contributed by atoms with Crippen LogP contribution in [0.15, 0.2) is 88.2 Å². The largest absolute Gasteiger partial charge is 0.384 e. The number of nitriles is 1. The lowest BCUT2D eigenvalue weighted by Crippen LogP contribution is -2.39. The first-order valence-electron chi connectivity index (χ1n) is 12.8. The highest BCUT2D eigenvalue weighted by molar-refractivity contribution is 7.98. The summed E-state index contributed by atoms with van der Waals surface area (Å²) in [5, 5.41) is 10.4. The van der Waals surface area contributed by atoms with Gasteiger partial charge in [-0.05, 0) is 74.1 Å². The number of Topliss-reactive ketones (excluding diaryl/α,β-unsaturated/α-hetero) is 1. The number of para-hydroxylation sites is 1. The number of halogens is 1. The monoisotopic (exact) mass is 523 g/mol. The fraction of sp³-hybridized carbons (Fsp3) is 0.250. The van der Waals surface area contributed by atoms with Gasteiger partial charge >= 0.3 is 0 Å². The molecule has 0 spiro atoms. The van der Waals surface area contributed by atoms with Crippen molar-refractivity contribution in [1.29, 1.82) is 5.26 Å². The van der Waals surface area contributed by atoms with E-state index in [4.69, 9.17) is 5.73 Å². The van der Waals surface area contributed by atoms with Crippen LogP contribution in [0.2, 0.25) is 0 Å². The molecule has 192 valence electrons. The maximum Gasteiger partial charge on any atom is 0.161 e. The van der Waals surface area contributed by atoms with Gasteiger partial charge in [-0.1, -0.05) is 48.0 Å². The number of rotatable bonds is 5. The van der Waals surface area contributed by atoms with Gasteiger partial charge in [0.25, 0.3) is 0 Å². The molecule has 5 rings (SSSR count). The normalized spacial score (nSPS) is 17.5. The highest BCUT2D eigenvalue weighted by Gasteiger charge is 2.41. The number of ketones is 1. The van der Waals surface area contributed by atoms with E-state index < -0.39 is 11.7 Å². The number of carbonyl (C=O) groups is 1. The van der Waals surface area contributed by atoms with Crippen LogP contribution in [-0.4, -0.2) is 5.78 Å². The van der Waals surface area contributed by atoms with Crippen molar-refractivity contribution in [2.24, 2.45) is 5.73 Å². The van der Waals surface area contributed by atoms with E-state index in [2.05, 4.69) is 44.2 Å². The van der Waals surface area contributed by atoms with Crippen LogP contribution in [0.1, 0.15) is 53.0 Å². The van der Waals surface area contributed by atoms with Gasteiger partial charge in [0.05, 0.1) is 23.2 Å². The Morgan fingerprint density at radius 1 is 1.08 bits per heavy atom. The molecule has 1 aliphatic heterocycles. The standard InChI is InChI=1S/C32H30FN3OS/c1-19-15-22(18-38-29-14-7-4-9-20(29)2)21(3)23(16-19)30-24(17-34)32(35)36(26-11-6-5-10-25(26)33)27-12-8-13-28(37)31(27)30/h4-7,9-11,14-16,30H,8,12-13,18,35H2,1-3H3. The van der Waals surface area contributed by atoms with E-state index in [-0.39, 0.29) is 22.9 Å². The molecule has 1 heterocycles. The maximum absolute atomic E-state index is 15.0. The molecule has 6 heteroatoms. The van der Waals surface area contributed by atoms with Crippen LogP contribution < -0.4 is 10.6 Å². The number of thioether (sulfide) groups is 1. The fourth-order valence-electron chi connectivity index (χ4n) is 5.59. The van der Waals surface area contributed by atoms with Crippen LogP contribution in [0.3, 0.4) is 0 Å². The zero-order valence-electron chi connectivity index (χ0n) is 21.8. The van der Waals surface area contributed by atoms with Crippen molar-refractivity contribution >= 4 is 23.2 Å². The second-order valence-corrected chi connectivity index (χ2v) is 11.0. The van der Waals surface area contributed by atoms with Crippen molar-refractivity contribution in [2.75, 3.05) is 4.90 Å². The summed E-state index contributed by atoms with van der Waals surface area (Å²) in [6.45, 7) is 6.20. The Hall–Kier alpha value is -3.82. The van der Waals surface area contributed by atoms with Gasteiger partial charge in [0.15, 0.2) is 5.78 Å². The minimum atomic E-state index is -0.576. The van der Waals surface area contributed by atoms with Crippen LogP contribution in [0.25, 0.3) is 0 Å². The summed E-state index contributed by atoms with van der Waals surface area (Å²) in [5.41, 5.74) is 13.9. The zero-order valence-corrected chi connectivity index (χ0v) is 22.7. The summed E-state index contributed by atoms with van der Waals surface area (Å²) >= 11 is 1.78. The number of benzene rings is 3. The van der Waals surface area contributed by atoms with E-state index in [1.807, 2.05) is 19.1 Å². The Bertz CT molecular complexity index is 1550. The van der Waals surface area contributed by atoms with Crippen LogP contribution >= 0.6 is 11.8 Å². The lowest BCUT2D eigenvalue weighted by molar-refractivity contribution is -0.116. The highest BCUT2D eigenvalue weighted by atomic mass is 32.2. The van der Waals surface area contributed by atoms with E-state index in [1.54, 1.807) is 34.9 Å². The van der Waals surface area contributed by atoms with Gasteiger partial charge in [-0.2, -0.15) is 5.26 Å². The third-order valence-corrected chi connectivity index (χ3v) is 8.72. The van der Waals surface area contributed by atoms with Crippen LogP contribution in [-0.2, 0) is 10.5 Å². The van der Waals surface area contributed by atoms with Gasteiger partial charge in [0, 0.05) is 28.3 Å². The Morgan fingerprint density at radius 3 is 2.55 bits per heavy atom. The molecule has 0 radical (unpaired) electrons. The topological polar surface area (TPSA) is 70.1 Å². The van der Waals surface area contributed by atoms with Gasteiger partial charge in [-0.25, -0.2) is 4.39 Å². The van der Waals surface area contributed by atoms with E-state index in [0.29, 0.717) is 30.5 Å². The molecule has 0 aromatic heterocycles. The number of nitrogens with two attached hydrogens (primary N) is 1. The first-order valence-corrected chi connectivity index (χ1v) is 13.8. The van der Waals surface area contributed by atoms with Crippen molar-refractivity contribution in [3.05, 3.63) is 117 Å². The second-order valence-electron chi connectivity index (χ2n) is 9.96. The van der Waals surface area contributed by atoms with Crippen molar-refractivity contribution in [2.45, 2.75) is 56.6 Å². The molecule has 4 nitrogen and oxygen atoms in total. The number of carbonyl (C=O) groups excluding carboxylic acids is 1. The summed E-state index contributed by atoms with van der Waals surface area (Å²) < 4.78 is 15.0. The van der Waals surface area contributed by atoms with Crippen molar-refractivity contribution < 1.29 is 9.18 Å². The average Bonchev–Trinajstić information content (AvgIpc) is 2.90. The number of aryl methyl sites for hydroxylation is 2. The van der Waals surface area contributed by atoms with Crippen molar-refractivity contribution in [3.8, 4) is 6.07 Å². The Morgan fingerprint density at radius 2 is 1.82 bits per heavy atom. The third-order valence-electron chi connectivity index (χ3n) is 7.49. The Balaban J connectivity index is 1.65. The first kappa shape index (κ1) is 25.8. The highest BCUT2D eigenvalue weighted by Crippen LogP contribution is 2.48. The molecule has 3 aromatic rings. The first-order chi connectivity index (χ1) is 18.3. The summed E-state index contributed by atoms with van der Waals surface area (Å²) in [6, 6.07) is 21.2. The molecule has 3 aromatic carbocycles. The number of hydrogen-bond donors (Lipinski definition) is 1. The summed E-state index contributed by atoms with van der Waals surface area (Å²) in [4.78, 5) is 16.3. The maximum atomic E-state index is 15.0. The predicted molar refractivity (Wildman–Crippen MR) is 151 cm³/mol. The fourth-order valence-corrected chi connectivity index (χ4v) is 6.67. The molecule has 1 aliphatic carbocycles. The number of allylic oxidation sites excluding steroid dienone is 3. The SMILES string of the molecule is Cc1cc(CSc2ccccc2C)c(C)c(C2C(C#N)=C(N)N(c3ccccc3F)C3=C2C(=O)CCC3)c1. The molecule has 0 saturated carbocycles. The van der Waals surface area contributed by atoms with Crippen molar-refractivity contribution in [1.82, 2.24) is 0 Å². The number of hydrogen-bond acceptors (Lipinski definition) is 5. The van der Waals surface area contributed by atoms with Gasteiger partial charge in [-0.15, -0.1) is 11.8 Å². The summed E-state index contributed by atoms with van der Waals surface area (Å²) in [5.74, 6) is -0.0750. The Kier molecular flexibility index (Phi) is 7.14. The van der Waals surface area contributed by atoms with Crippen LogP contribution in [0.4, 0.5) is 10.1 Å². The predicted octanol–water partition coefficient (Wildman–Crippen LogP) is 7.35. The molecule has 38 heavy (non-hydrogen) atoms. The molecule has 2 aliphatic rings. The minimum Gasteiger partial charge on any atom is -0.384 e. The molecule has 1 unspecified atom stereocenters. The molecule has 0 amide bonds. The molecule has 2 N–H and O–H groups in total. The second kappa shape index (κ2) is 10.5. The van der Waals surface area contributed by atoms with Gasteiger partial charge in [-0.3, -0.25) is 9.69 Å². The molecule has 0 bridgehead atoms. The van der Waals surface area contributed by atoms with Gasteiger partial charge < -0.3 is 5.73 Å². The van der Waals surface area contributed by atoms with Crippen LogP contribution in [0, 0.1) is 37.9 Å². The van der Waals surface area contributed by atoms with E-state index in [1.165, 1.54) is 16.5 Å².